The molecule has 0 aliphatic carbocycles. The average molecular weight is 317 g/mol. The van der Waals surface area contributed by atoms with Crippen molar-refractivity contribution in [3.05, 3.63) is 59.1 Å². The van der Waals surface area contributed by atoms with Crippen LogP contribution >= 0.6 is 11.6 Å². The van der Waals surface area contributed by atoms with Gasteiger partial charge in [-0.3, -0.25) is 4.90 Å². The predicted octanol–water partition coefficient (Wildman–Crippen LogP) is 2.94. The largest absolute Gasteiger partial charge is 0.347 e. The first-order valence-electron chi connectivity index (χ1n) is 7.66. The summed E-state index contributed by atoms with van der Waals surface area (Å²) in [5, 5.41) is 4.23. The van der Waals surface area contributed by atoms with Crippen molar-refractivity contribution in [3.8, 4) is 0 Å². The van der Waals surface area contributed by atoms with Crippen molar-refractivity contribution in [1.82, 2.24) is 20.2 Å². The highest BCUT2D eigenvalue weighted by Crippen LogP contribution is 2.23. The Morgan fingerprint density at radius 2 is 2.14 bits per heavy atom. The Bertz CT molecular complexity index is 604. The number of H-pyrrole nitrogens is 1. The van der Waals surface area contributed by atoms with Crippen molar-refractivity contribution in [2.24, 2.45) is 0 Å². The van der Waals surface area contributed by atoms with Gasteiger partial charge in [0.2, 0.25) is 0 Å². The summed E-state index contributed by atoms with van der Waals surface area (Å²) in [6, 6.07) is 8.14. The van der Waals surface area contributed by atoms with Crippen LogP contribution in [0.25, 0.3) is 5.57 Å². The lowest BCUT2D eigenvalue weighted by molar-refractivity contribution is 0.300. The molecule has 0 saturated heterocycles. The summed E-state index contributed by atoms with van der Waals surface area (Å²) in [4.78, 5) is 9.58. The molecule has 0 radical (unpaired) electrons. The topological polar surface area (TPSA) is 44.0 Å². The summed E-state index contributed by atoms with van der Waals surface area (Å²) in [6.07, 6.45) is 7.00. The highest BCUT2D eigenvalue weighted by atomic mass is 35.5. The van der Waals surface area contributed by atoms with Gasteiger partial charge in [-0.25, -0.2) is 4.98 Å². The maximum absolute atomic E-state index is 5.94. The van der Waals surface area contributed by atoms with Crippen LogP contribution in [0.2, 0.25) is 5.02 Å². The fraction of sp³-hybridized carbons (Fsp3) is 0.353. The molecule has 5 heteroatoms. The lowest BCUT2D eigenvalue weighted by Crippen LogP contribution is -2.34. The number of aromatic nitrogens is 2. The maximum atomic E-state index is 5.94. The molecule has 116 valence electrons. The summed E-state index contributed by atoms with van der Waals surface area (Å²) in [5.41, 5.74) is 3.85. The van der Waals surface area contributed by atoms with E-state index in [9.17, 15) is 0 Å². The molecule has 2 aromatic rings. The van der Waals surface area contributed by atoms with Gasteiger partial charge >= 0.3 is 0 Å². The Kier molecular flexibility index (Phi) is 5.27. The van der Waals surface area contributed by atoms with E-state index in [2.05, 4.69) is 38.4 Å². The molecule has 0 amide bonds. The van der Waals surface area contributed by atoms with Crippen LogP contribution < -0.4 is 5.32 Å². The molecule has 1 aliphatic heterocycles. The summed E-state index contributed by atoms with van der Waals surface area (Å²) in [6.45, 7) is 5.03. The Morgan fingerprint density at radius 3 is 2.82 bits per heavy atom. The van der Waals surface area contributed by atoms with E-state index in [4.69, 9.17) is 11.6 Å². The monoisotopic (exact) mass is 316 g/mol. The minimum Gasteiger partial charge on any atom is -0.347 e. The third-order valence-corrected chi connectivity index (χ3v) is 4.24. The van der Waals surface area contributed by atoms with E-state index >= 15 is 0 Å². The summed E-state index contributed by atoms with van der Waals surface area (Å²) in [7, 11) is 0. The Morgan fingerprint density at radius 1 is 1.27 bits per heavy atom. The first-order valence-corrected chi connectivity index (χ1v) is 8.04. The maximum Gasteiger partial charge on any atom is 0.0922 e. The lowest BCUT2D eigenvalue weighted by atomic mass is 10.00. The zero-order valence-electron chi connectivity index (χ0n) is 12.6. The number of nitrogens with one attached hydrogen (secondary N) is 2. The van der Waals surface area contributed by atoms with Gasteiger partial charge in [-0.05, 0) is 29.7 Å². The molecule has 3 rings (SSSR count). The first-order chi connectivity index (χ1) is 10.8. The first kappa shape index (κ1) is 15.3. The van der Waals surface area contributed by atoms with Crippen LogP contribution in [0.15, 0.2) is 42.9 Å². The zero-order chi connectivity index (χ0) is 15.2. The fourth-order valence-electron chi connectivity index (χ4n) is 2.68. The summed E-state index contributed by atoms with van der Waals surface area (Å²) >= 11 is 5.94. The number of imidazole rings is 1. The molecule has 0 bridgehead atoms. The van der Waals surface area contributed by atoms with Crippen molar-refractivity contribution in [2.75, 3.05) is 26.2 Å². The SMILES string of the molecule is Clc1ccc(C2=CCN(CCNCc3cnc[nH]3)CC2)cc1. The smallest absolute Gasteiger partial charge is 0.0922 e. The molecule has 22 heavy (non-hydrogen) atoms. The number of hydrogen-bond acceptors (Lipinski definition) is 3. The summed E-state index contributed by atoms with van der Waals surface area (Å²) < 4.78 is 0. The van der Waals surface area contributed by atoms with Crippen LogP contribution in [0.4, 0.5) is 0 Å². The van der Waals surface area contributed by atoms with E-state index in [1.54, 1.807) is 6.33 Å². The molecule has 1 aromatic heterocycles. The Balaban J connectivity index is 1.42. The van der Waals surface area contributed by atoms with Gasteiger partial charge in [0, 0.05) is 49.6 Å². The molecule has 1 aliphatic rings. The van der Waals surface area contributed by atoms with Crippen molar-refractivity contribution < 1.29 is 0 Å². The van der Waals surface area contributed by atoms with Crippen molar-refractivity contribution in [1.29, 1.82) is 0 Å². The third-order valence-electron chi connectivity index (χ3n) is 3.98. The van der Waals surface area contributed by atoms with E-state index in [1.807, 2.05) is 18.3 Å². The molecule has 0 saturated carbocycles. The van der Waals surface area contributed by atoms with E-state index in [-0.39, 0.29) is 0 Å². The molecule has 4 nitrogen and oxygen atoms in total. The second-order valence-corrected chi connectivity index (χ2v) is 5.98. The molecule has 0 atom stereocenters. The lowest BCUT2D eigenvalue weighted by Gasteiger charge is -2.26. The van der Waals surface area contributed by atoms with Crippen molar-refractivity contribution >= 4 is 17.2 Å². The normalized spacial score (nSPS) is 15.8. The highest BCUT2D eigenvalue weighted by Gasteiger charge is 2.12. The molecule has 0 spiro atoms. The fourth-order valence-corrected chi connectivity index (χ4v) is 2.81. The van der Waals surface area contributed by atoms with Crippen LogP contribution in [0.3, 0.4) is 0 Å². The van der Waals surface area contributed by atoms with Crippen LogP contribution in [0.1, 0.15) is 17.7 Å². The van der Waals surface area contributed by atoms with E-state index in [1.165, 1.54) is 11.1 Å². The van der Waals surface area contributed by atoms with E-state index < -0.39 is 0 Å². The number of hydrogen-bond donors (Lipinski definition) is 2. The van der Waals surface area contributed by atoms with Gasteiger partial charge in [-0.2, -0.15) is 0 Å². The average Bonchev–Trinajstić information content (AvgIpc) is 3.06. The molecular weight excluding hydrogens is 296 g/mol. The number of benzene rings is 1. The van der Waals surface area contributed by atoms with Gasteiger partial charge in [0.25, 0.3) is 0 Å². The van der Waals surface area contributed by atoms with Gasteiger partial charge < -0.3 is 10.3 Å². The second kappa shape index (κ2) is 7.58. The standard InChI is InChI=1S/C17H21ClN4/c18-16-3-1-14(2-4-16)15-5-8-22(9-6-15)10-7-19-11-17-12-20-13-21-17/h1-5,12-13,19H,6-11H2,(H,20,21). The molecule has 0 unspecified atom stereocenters. The quantitative estimate of drug-likeness (QED) is 0.805. The van der Waals surface area contributed by atoms with Gasteiger partial charge in [0.1, 0.15) is 0 Å². The van der Waals surface area contributed by atoms with Crippen LogP contribution in [0.5, 0.6) is 0 Å². The minimum absolute atomic E-state index is 0.796. The van der Waals surface area contributed by atoms with Crippen molar-refractivity contribution in [3.63, 3.8) is 0 Å². The Hall–Kier alpha value is -1.62. The highest BCUT2D eigenvalue weighted by molar-refractivity contribution is 6.30. The van der Waals surface area contributed by atoms with E-state index in [0.717, 1.165) is 49.9 Å². The van der Waals surface area contributed by atoms with Gasteiger partial charge in [-0.15, -0.1) is 0 Å². The number of aromatic amines is 1. The summed E-state index contributed by atoms with van der Waals surface area (Å²) in [5.74, 6) is 0. The second-order valence-electron chi connectivity index (χ2n) is 5.54. The molecular formula is C17H21ClN4. The number of rotatable bonds is 6. The molecule has 0 fully saturated rings. The predicted molar refractivity (Wildman–Crippen MR) is 90.8 cm³/mol. The molecule has 1 aromatic carbocycles. The zero-order valence-corrected chi connectivity index (χ0v) is 13.3. The van der Waals surface area contributed by atoms with Gasteiger partial charge in [0.05, 0.1) is 6.33 Å². The van der Waals surface area contributed by atoms with Gasteiger partial charge in [0.15, 0.2) is 0 Å². The minimum atomic E-state index is 0.796. The molecule has 2 N–H and O–H groups in total. The van der Waals surface area contributed by atoms with Gasteiger partial charge in [-0.1, -0.05) is 29.8 Å². The molecule has 2 heterocycles. The van der Waals surface area contributed by atoms with Crippen LogP contribution in [-0.2, 0) is 6.54 Å². The van der Waals surface area contributed by atoms with Crippen LogP contribution in [-0.4, -0.2) is 41.0 Å². The van der Waals surface area contributed by atoms with Crippen LogP contribution in [0, 0.1) is 0 Å². The van der Waals surface area contributed by atoms with E-state index in [0.29, 0.717) is 0 Å². The third kappa shape index (κ3) is 4.19. The number of halogens is 1. The Labute approximate surface area is 136 Å². The van der Waals surface area contributed by atoms with Crippen molar-refractivity contribution in [2.45, 2.75) is 13.0 Å². The number of nitrogens with zero attached hydrogens (tertiary/aromatic N) is 2.